The summed E-state index contributed by atoms with van der Waals surface area (Å²) < 4.78 is 1.73. The molecule has 1 aliphatic carbocycles. The van der Waals surface area contributed by atoms with E-state index in [2.05, 4.69) is 24.1 Å². The van der Waals surface area contributed by atoms with Crippen molar-refractivity contribution in [2.75, 3.05) is 5.75 Å². The number of amides is 1. The fraction of sp³-hybridized carbons (Fsp3) is 0.571. The van der Waals surface area contributed by atoms with Gasteiger partial charge < -0.3 is 5.32 Å². The summed E-state index contributed by atoms with van der Waals surface area (Å²) in [5.74, 6) is 0.859. The molecule has 0 saturated heterocycles. The molecular formula is C21H29N3O2S. The molecule has 1 aromatic carbocycles. The van der Waals surface area contributed by atoms with E-state index in [1.165, 1.54) is 31.0 Å². The molecule has 3 rings (SSSR count). The number of nitrogens with zero attached hydrogens (tertiary/aromatic N) is 2. The van der Waals surface area contributed by atoms with Crippen molar-refractivity contribution >= 4 is 28.6 Å². The zero-order valence-corrected chi connectivity index (χ0v) is 17.1. The maximum atomic E-state index is 12.9. The van der Waals surface area contributed by atoms with Gasteiger partial charge in [-0.1, -0.05) is 57.0 Å². The molecule has 0 radical (unpaired) electrons. The van der Waals surface area contributed by atoms with Gasteiger partial charge in [0.25, 0.3) is 5.56 Å². The normalized spacial score (nSPS) is 19.9. The number of carbonyl (C=O) groups is 1. The summed E-state index contributed by atoms with van der Waals surface area (Å²) in [4.78, 5) is 30.0. The van der Waals surface area contributed by atoms with Crippen LogP contribution in [0.3, 0.4) is 0 Å². The standard InChI is InChI=1S/C21H29N3O2S/c1-3-4-13-24-20(26)16-10-6-8-12-18(16)23-21(24)27-14-19(25)22-17-11-7-5-9-15(17)2/h6,8,10,12,15,17H,3-5,7,9,11,13-14H2,1-2H3,(H,22,25)/t15-,17-/m1/s1. The molecular weight excluding hydrogens is 358 g/mol. The van der Waals surface area contributed by atoms with Crippen LogP contribution in [0.25, 0.3) is 10.9 Å². The highest BCUT2D eigenvalue weighted by atomic mass is 32.2. The number of unbranched alkanes of at least 4 members (excludes halogenated alkanes) is 1. The lowest BCUT2D eigenvalue weighted by atomic mass is 9.86. The number of benzene rings is 1. The predicted molar refractivity (Wildman–Crippen MR) is 111 cm³/mol. The van der Waals surface area contributed by atoms with E-state index in [9.17, 15) is 9.59 Å². The Morgan fingerprint density at radius 2 is 2.07 bits per heavy atom. The fourth-order valence-corrected chi connectivity index (χ4v) is 4.52. The first-order chi connectivity index (χ1) is 13.1. The van der Waals surface area contributed by atoms with Gasteiger partial charge in [-0.3, -0.25) is 14.2 Å². The third-order valence-corrected chi connectivity index (χ3v) is 6.33. The maximum Gasteiger partial charge on any atom is 0.262 e. The van der Waals surface area contributed by atoms with Gasteiger partial charge in [-0.05, 0) is 37.3 Å². The predicted octanol–water partition coefficient (Wildman–Crippen LogP) is 3.98. The van der Waals surface area contributed by atoms with E-state index in [-0.39, 0.29) is 17.5 Å². The average molecular weight is 388 g/mol. The number of hydrogen-bond acceptors (Lipinski definition) is 4. The summed E-state index contributed by atoms with van der Waals surface area (Å²) in [5, 5.41) is 4.45. The molecule has 1 saturated carbocycles. The van der Waals surface area contributed by atoms with Crippen molar-refractivity contribution in [3.05, 3.63) is 34.6 Å². The van der Waals surface area contributed by atoms with Crippen LogP contribution >= 0.6 is 11.8 Å². The van der Waals surface area contributed by atoms with E-state index in [4.69, 9.17) is 0 Å². The van der Waals surface area contributed by atoms with Crippen LogP contribution in [-0.4, -0.2) is 27.3 Å². The minimum absolute atomic E-state index is 0.0159. The summed E-state index contributed by atoms with van der Waals surface area (Å²) >= 11 is 1.36. The largest absolute Gasteiger partial charge is 0.352 e. The smallest absolute Gasteiger partial charge is 0.262 e. The first kappa shape index (κ1) is 19.9. The Hall–Kier alpha value is -1.82. The summed E-state index contributed by atoms with van der Waals surface area (Å²) in [6, 6.07) is 7.70. The summed E-state index contributed by atoms with van der Waals surface area (Å²) in [6.07, 6.45) is 6.61. The topological polar surface area (TPSA) is 64.0 Å². The van der Waals surface area contributed by atoms with Gasteiger partial charge >= 0.3 is 0 Å². The quantitative estimate of drug-likeness (QED) is 0.576. The van der Waals surface area contributed by atoms with Gasteiger partial charge in [-0.2, -0.15) is 0 Å². The van der Waals surface area contributed by atoms with Crippen LogP contribution in [0.4, 0.5) is 0 Å². The number of para-hydroxylation sites is 1. The zero-order valence-electron chi connectivity index (χ0n) is 16.2. The van der Waals surface area contributed by atoms with E-state index < -0.39 is 0 Å². The average Bonchev–Trinajstić information content (AvgIpc) is 2.68. The molecule has 1 N–H and O–H groups in total. The number of carbonyl (C=O) groups excluding carboxylic acids is 1. The molecule has 6 heteroatoms. The number of fused-ring (bicyclic) bond motifs is 1. The first-order valence-electron chi connectivity index (χ1n) is 10.0. The molecule has 27 heavy (non-hydrogen) atoms. The van der Waals surface area contributed by atoms with Gasteiger partial charge in [0.2, 0.25) is 5.91 Å². The minimum atomic E-state index is -0.0159. The van der Waals surface area contributed by atoms with Crippen LogP contribution < -0.4 is 10.9 Å². The van der Waals surface area contributed by atoms with Crippen molar-refractivity contribution in [2.24, 2.45) is 5.92 Å². The summed E-state index contributed by atoms with van der Waals surface area (Å²) in [7, 11) is 0. The zero-order chi connectivity index (χ0) is 19.2. The second-order valence-electron chi connectivity index (χ2n) is 7.45. The number of aromatic nitrogens is 2. The van der Waals surface area contributed by atoms with Crippen molar-refractivity contribution in [3.63, 3.8) is 0 Å². The molecule has 2 atom stereocenters. The van der Waals surface area contributed by atoms with Crippen LogP contribution in [0, 0.1) is 5.92 Å². The van der Waals surface area contributed by atoms with Crippen LogP contribution in [0.5, 0.6) is 0 Å². The van der Waals surface area contributed by atoms with E-state index in [0.29, 0.717) is 34.3 Å². The van der Waals surface area contributed by atoms with Crippen molar-refractivity contribution in [3.8, 4) is 0 Å². The molecule has 0 unspecified atom stereocenters. The molecule has 1 aliphatic rings. The number of hydrogen-bond donors (Lipinski definition) is 1. The highest BCUT2D eigenvalue weighted by Crippen LogP contribution is 2.24. The monoisotopic (exact) mass is 387 g/mol. The summed E-state index contributed by atoms with van der Waals surface area (Å²) in [5.41, 5.74) is 0.678. The number of rotatable bonds is 7. The van der Waals surface area contributed by atoms with E-state index in [1.54, 1.807) is 4.57 Å². The molecule has 1 heterocycles. The fourth-order valence-electron chi connectivity index (χ4n) is 3.68. The second kappa shape index (κ2) is 9.40. The molecule has 0 aliphatic heterocycles. The first-order valence-corrected chi connectivity index (χ1v) is 11.0. The Kier molecular flexibility index (Phi) is 6.94. The Labute approximate surface area is 164 Å². The van der Waals surface area contributed by atoms with Crippen molar-refractivity contribution in [2.45, 2.75) is 70.1 Å². The molecule has 0 bridgehead atoms. The molecule has 2 aromatic rings. The highest BCUT2D eigenvalue weighted by Gasteiger charge is 2.23. The maximum absolute atomic E-state index is 12.9. The lowest BCUT2D eigenvalue weighted by molar-refractivity contribution is -0.119. The molecule has 0 spiro atoms. The second-order valence-corrected chi connectivity index (χ2v) is 8.39. The van der Waals surface area contributed by atoms with E-state index in [1.807, 2.05) is 24.3 Å². The molecule has 1 fully saturated rings. The number of thioether (sulfide) groups is 1. The lowest BCUT2D eigenvalue weighted by Crippen LogP contribution is -2.42. The third-order valence-electron chi connectivity index (χ3n) is 5.35. The van der Waals surface area contributed by atoms with Crippen LogP contribution in [0.15, 0.2) is 34.2 Å². The van der Waals surface area contributed by atoms with Crippen LogP contribution in [0.1, 0.15) is 52.4 Å². The third kappa shape index (κ3) is 4.92. The van der Waals surface area contributed by atoms with Gasteiger partial charge in [0.05, 0.1) is 16.7 Å². The van der Waals surface area contributed by atoms with Crippen LogP contribution in [0.2, 0.25) is 0 Å². The Balaban J connectivity index is 1.74. The van der Waals surface area contributed by atoms with Crippen molar-refractivity contribution in [1.29, 1.82) is 0 Å². The molecule has 1 aromatic heterocycles. The Morgan fingerprint density at radius 1 is 1.30 bits per heavy atom. The van der Waals surface area contributed by atoms with Gasteiger partial charge in [-0.25, -0.2) is 4.98 Å². The Morgan fingerprint density at radius 3 is 2.85 bits per heavy atom. The molecule has 1 amide bonds. The van der Waals surface area contributed by atoms with Gasteiger partial charge in [0.1, 0.15) is 0 Å². The Bertz CT molecular complexity index is 849. The highest BCUT2D eigenvalue weighted by molar-refractivity contribution is 7.99. The lowest BCUT2D eigenvalue weighted by Gasteiger charge is -2.29. The van der Waals surface area contributed by atoms with Crippen molar-refractivity contribution in [1.82, 2.24) is 14.9 Å². The number of nitrogens with one attached hydrogen (secondary N) is 1. The molecule has 146 valence electrons. The summed E-state index contributed by atoms with van der Waals surface area (Å²) in [6.45, 7) is 4.95. The van der Waals surface area contributed by atoms with E-state index >= 15 is 0 Å². The molecule has 5 nitrogen and oxygen atoms in total. The van der Waals surface area contributed by atoms with Gasteiger partial charge in [0.15, 0.2) is 5.16 Å². The SMILES string of the molecule is CCCCn1c(SCC(=O)N[C@@H]2CCCC[C@H]2C)nc2ccccc2c1=O. The van der Waals surface area contributed by atoms with Crippen LogP contribution in [-0.2, 0) is 11.3 Å². The van der Waals surface area contributed by atoms with Crippen molar-refractivity contribution < 1.29 is 4.79 Å². The van der Waals surface area contributed by atoms with E-state index in [0.717, 1.165) is 19.3 Å². The van der Waals surface area contributed by atoms with Gasteiger partial charge in [0, 0.05) is 12.6 Å². The van der Waals surface area contributed by atoms with Gasteiger partial charge in [-0.15, -0.1) is 0 Å². The minimum Gasteiger partial charge on any atom is -0.352 e.